The Balaban J connectivity index is 1.47. The minimum atomic E-state index is -0.257. The average molecular weight is 476 g/mol. The first-order valence-electron chi connectivity index (χ1n) is 11.3. The van der Waals surface area contributed by atoms with Gasteiger partial charge in [-0.1, -0.05) is 18.2 Å². The van der Waals surface area contributed by atoms with Gasteiger partial charge in [-0.2, -0.15) is 0 Å². The van der Waals surface area contributed by atoms with E-state index in [1.165, 1.54) is 0 Å². The van der Waals surface area contributed by atoms with Crippen molar-refractivity contribution in [3.8, 4) is 5.75 Å². The number of likely N-dealkylation sites (N-methyl/N-ethyl adjacent to an activating group) is 1. The molecule has 0 aromatic heterocycles. The third kappa shape index (κ3) is 7.41. The molecule has 4 N–H and O–H groups in total. The van der Waals surface area contributed by atoms with Crippen molar-refractivity contribution in [1.29, 1.82) is 0 Å². The lowest BCUT2D eigenvalue weighted by atomic mass is 10.1. The SMILES string of the molecule is COc1ccc(NC(=O)c2ccc(NC(=O)C[NH+](C)CC(=O)Nc3c(C)cccc3C)cc2)cc1. The molecule has 0 aliphatic carbocycles. The number of benzene rings is 3. The predicted molar refractivity (Wildman–Crippen MR) is 137 cm³/mol. The van der Waals surface area contributed by atoms with Gasteiger partial charge in [-0.25, -0.2) is 0 Å². The summed E-state index contributed by atoms with van der Waals surface area (Å²) in [6.07, 6.45) is 0. The molecule has 8 nitrogen and oxygen atoms in total. The first-order chi connectivity index (χ1) is 16.7. The van der Waals surface area contributed by atoms with E-state index < -0.39 is 0 Å². The number of rotatable bonds is 9. The number of carbonyl (C=O) groups is 3. The standard InChI is InChI=1S/C27H30N4O4/c1-18-6-5-7-19(2)26(18)30-25(33)17-31(3)16-24(32)28-21-10-8-20(9-11-21)27(34)29-22-12-14-23(35-4)15-13-22/h5-15H,16-17H2,1-4H3,(H,28,32)(H,29,34)(H,30,33)/p+1. The largest absolute Gasteiger partial charge is 0.497 e. The van der Waals surface area contributed by atoms with Crippen molar-refractivity contribution in [3.63, 3.8) is 0 Å². The predicted octanol–water partition coefficient (Wildman–Crippen LogP) is 2.66. The lowest BCUT2D eigenvalue weighted by Gasteiger charge is -2.15. The molecule has 0 aliphatic rings. The smallest absolute Gasteiger partial charge is 0.279 e. The summed E-state index contributed by atoms with van der Waals surface area (Å²) in [5.74, 6) is 0.0717. The number of carbonyl (C=O) groups excluding carboxylic acids is 3. The third-order valence-electron chi connectivity index (χ3n) is 5.45. The Bertz CT molecular complexity index is 1170. The summed E-state index contributed by atoms with van der Waals surface area (Å²) in [5, 5.41) is 8.56. The van der Waals surface area contributed by atoms with Crippen LogP contribution in [0.4, 0.5) is 17.1 Å². The van der Waals surface area contributed by atoms with Crippen LogP contribution in [0.3, 0.4) is 0 Å². The number of methoxy groups -OCH3 is 1. The maximum Gasteiger partial charge on any atom is 0.279 e. The van der Waals surface area contributed by atoms with Crippen molar-refractivity contribution < 1.29 is 24.0 Å². The number of hydrogen-bond acceptors (Lipinski definition) is 4. The van der Waals surface area contributed by atoms with Crippen LogP contribution in [-0.4, -0.2) is 45.0 Å². The number of anilines is 3. The van der Waals surface area contributed by atoms with Gasteiger partial charge in [-0.05, 0) is 73.5 Å². The Morgan fingerprint density at radius 3 is 1.83 bits per heavy atom. The van der Waals surface area contributed by atoms with Gasteiger partial charge in [0, 0.05) is 22.6 Å². The van der Waals surface area contributed by atoms with Crippen molar-refractivity contribution in [2.45, 2.75) is 13.8 Å². The van der Waals surface area contributed by atoms with Gasteiger partial charge >= 0.3 is 0 Å². The summed E-state index contributed by atoms with van der Waals surface area (Å²) >= 11 is 0. The summed E-state index contributed by atoms with van der Waals surface area (Å²) in [7, 11) is 3.37. The maximum absolute atomic E-state index is 12.5. The van der Waals surface area contributed by atoms with E-state index in [0.717, 1.165) is 21.7 Å². The molecule has 0 fully saturated rings. The van der Waals surface area contributed by atoms with Crippen LogP contribution in [0.5, 0.6) is 5.75 Å². The van der Waals surface area contributed by atoms with Crippen molar-refractivity contribution in [2.24, 2.45) is 0 Å². The molecule has 182 valence electrons. The number of quaternary nitrogens is 1. The van der Waals surface area contributed by atoms with Crippen LogP contribution in [-0.2, 0) is 9.59 Å². The van der Waals surface area contributed by atoms with Crippen LogP contribution in [0, 0.1) is 13.8 Å². The molecule has 0 aliphatic heterocycles. The molecule has 35 heavy (non-hydrogen) atoms. The van der Waals surface area contributed by atoms with E-state index in [-0.39, 0.29) is 30.8 Å². The first kappa shape index (κ1) is 25.5. The fraction of sp³-hybridized carbons (Fsp3) is 0.222. The zero-order chi connectivity index (χ0) is 25.4. The summed E-state index contributed by atoms with van der Waals surface area (Å²) in [5.41, 5.74) is 4.49. The van der Waals surface area contributed by atoms with E-state index in [1.54, 1.807) is 62.7 Å². The van der Waals surface area contributed by atoms with Crippen LogP contribution in [0.25, 0.3) is 0 Å². The minimum absolute atomic E-state index is 0.125. The van der Waals surface area contributed by atoms with Crippen LogP contribution in [0.2, 0.25) is 0 Å². The molecule has 1 atom stereocenters. The number of para-hydroxylation sites is 1. The van der Waals surface area contributed by atoms with Gasteiger partial charge in [0.25, 0.3) is 17.7 Å². The van der Waals surface area contributed by atoms with Gasteiger partial charge in [-0.3, -0.25) is 14.4 Å². The Hall–Kier alpha value is -4.17. The number of aryl methyl sites for hydroxylation is 2. The molecule has 3 aromatic rings. The van der Waals surface area contributed by atoms with Gasteiger partial charge in [0.2, 0.25) is 0 Å². The van der Waals surface area contributed by atoms with Gasteiger partial charge < -0.3 is 25.6 Å². The molecule has 3 rings (SSSR count). The van der Waals surface area contributed by atoms with Gasteiger partial charge in [0.05, 0.1) is 14.2 Å². The molecule has 0 saturated carbocycles. The van der Waals surface area contributed by atoms with Crippen molar-refractivity contribution in [1.82, 2.24) is 0 Å². The van der Waals surface area contributed by atoms with Gasteiger partial charge in [-0.15, -0.1) is 0 Å². The molecule has 0 saturated heterocycles. The van der Waals surface area contributed by atoms with Crippen molar-refractivity contribution in [2.75, 3.05) is 43.2 Å². The monoisotopic (exact) mass is 475 g/mol. The second-order valence-corrected chi connectivity index (χ2v) is 8.43. The lowest BCUT2D eigenvalue weighted by molar-refractivity contribution is -0.862. The number of amides is 3. The highest BCUT2D eigenvalue weighted by atomic mass is 16.5. The van der Waals surface area contributed by atoms with Crippen LogP contribution in [0.15, 0.2) is 66.7 Å². The Kier molecular flexibility index (Phi) is 8.58. The average Bonchev–Trinajstić information content (AvgIpc) is 2.82. The molecule has 0 heterocycles. The topological polar surface area (TPSA) is 101 Å². The molecular formula is C27H31N4O4+. The third-order valence-corrected chi connectivity index (χ3v) is 5.45. The van der Waals surface area contributed by atoms with Crippen LogP contribution >= 0.6 is 0 Å². The molecule has 3 amide bonds. The molecule has 3 aromatic carbocycles. The lowest BCUT2D eigenvalue weighted by Crippen LogP contribution is -3.11. The van der Waals surface area contributed by atoms with E-state index in [0.29, 0.717) is 22.7 Å². The molecule has 8 heteroatoms. The van der Waals surface area contributed by atoms with E-state index >= 15 is 0 Å². The molecule has 0 spiro atoms. The number of nitrogens with one attached hydrogen (secondary N) is 4. The van der Waals surface area contributed by atoms with Crippen molar-refractivity contribution in [3.05, 3.63) is 83.4 Å². The summed E-state index contributed by atoms with van der Waals surface area (Å²) < 4.78 is 5.11. The fourth-order valence-electron chi connectivity index (χ4n) is 3.59. The molecule has 0 radical (unpaired) electrons. The molecule has 1 unspecified atom stereocenters. The minimum Gasteiger partial charge on any atom is -0.497 e. The van der Waals surface area contributed by atoms with Crippen LogP contribution in [0.1, 0.15) is 21.5 Å². The highest BCUT2D eigenvalue weighted by molar-refractivity contribution is 6.04. The van der Waals surface area contributed by atoms with Crippen molar-refractivity contribution >= 4 is 34.8 Å². The Morgan fingerprint density at radius 1 is 0.743 bits per heavy atom. The Labute approximate surface area is 205 Å². The van der Waals surface area contributed by atoms with E-state index in [9.17, 15) is 14.4 Å². The number of ether oxygens (including phenoxy) is 1. The fourth-order valence-corrected chi connectivity index (χ4v) is 3.59. The van der Waals surface area contributed by atoms with E-state index in [1.807, 2.05) is 32.0 Å². The van der Waals surface area contributed by atoms with E-state index in [2.05, 4.69) is 16.0 Å². The summed E-state index contributed by atoms with van der Waals surface area (Å²) in [6.45, 7) is 4.17. The maximum atomic E-state index is 12.5. The molecular weight excluding hydrogens is 444 g/mol. The zero-order valence-electron chi connectivity index (χ0n) is 20.4. The van der Waals surface area contributed by atoms with Gasteiger partial charge in [0.15, 0.2) is 13.1 Å². The highest BCUT2D eigenvalue weighted by Crippen LogP contribution is 2.19. The summed E-state index contributed by atoms with van der Waals surface area (Å²) in [6, 6.07) is 19.5. The first-order valence-corrected chi connectivity index (χ1v) is 11.3. The van der Waals surface area contributed by atoms with Gasteiger partial charge in [0.1, 0.15) is 5.75 Å². The molecule has 0 bridgehead atoms. The normalized spacial score (nSPS) is 11.3. The second-order valence-electron chi connectivity index (χ2n) is 8.43. The Morgan fingerprint density at radius 2 is 1.26 bits per heavy atom. The zero-order valence-corrected chi connectivity index (χ0v) is 20.4. The quantitative estimate of drug-likeness (QED) is 0.382. The summed E-state index contributed by atoms with van der Waals surface area (Å²) in [4.78, 5) is 38.1. The van der Waals surface area contributed by atoms with E-state index in [4.69, 9.17) is 4.74 Å². The second kappa shape index (κ2) is 11.8. The number of hydrogen-bond donors (Lipinski definition) is 4. The highest BCUT2D eigenvalue weighted by Gasteiger charge is 2.16. The van der Waals surface area contributed by atoms with Crippen LogP contribution < -0.4 is 25.6 Å².